The first kappa shape index (κ1) is 13.7. The second-order valence-corrected chi connectivity index (χ2v) is 4.66. The molecule has 3 N–H and O–H groups in total. The Morgan fingerprint density at radius 2 is 2.18 bits per heavy atom. The number of carbonyl (C=O) groups excluding carboxylic acids is 1. The van der Waals surface area contributed by atoms with Crippen LogP contribution in [0.15, 0.2) is 12.4 Å². The maximum atomic E-state index is 11.5. The van der Waals surface area contributed by atoms with E-state index in [2.05, 4.69) is 17.3 Å². The van der Waals surface area contributed by atoms with Crippen molar-refractivity contribution in [2.24, 2.45) is 5.73 Å². The highest BCUT2D eigenvalue weighted by Gasteiger charge is 2.21. The number of primary amides is 1. The zero-order valence-electron chi connectivity index (χ0n) is 11.0. The topological polar surface area (TPSA) is 72.9 Å². The van der Waals surface area contributed by atoms with E-state index in [1.807, 2.05) is 31.6 Å². The van der Waals surface area contributed by atoms with Gasteiger partial charge in [-0.15, -0.1) is 0 Å². The Balaban J connectivity index is 2.86. The normalized spacial score (nSPS) is 14.9. The average molecular weight is 238 g/mol. The number of carbonyl (C=O) groups is 1. The Morgan fingerprint density at radius 1 is 1.53 bits per heavy atom. The molecule has 0 saturated carbocycles. The molecule has 0 aliphatic carbocycles. The van der Waals surface area contributed by atoms with Crippen molar-refractivity contribution in [2.45, 2.75) is 52.2 Å². The van der Waals surface area contributed by atoms with E-state index in [4.69, 9.17) is 5.73 Å². The molecule has 1 amide bonds. The first-order valence-electron chi connectivity index (χ1n) is 6.05. The van der Waals surface area contributed by atoms with Crippen LogP contribution in [-0.2, 0) is 4.79 Å². The summed E-state index contributed by atoms with van der Waals surface area (Å²) in [7, 11) is 0. The number of rotatable bonds is 6. The Morgan fingerprint density at radius 3 is 2.59 bits per heavy atom. The fourth-order valence-corrected chi connectivity index (χ4v) is 1.53. The maximum Gasteiger partial charge on any atom is 0.239 e. The van der Waals surface area contributed by atoms with E-state index in [1.165, 1.54) is 0 Å². The third kappa shape index (κ3) is 3.56. The van der Waals surface area contributed by atoms with Gasteiger partial charge in [-0.25, -0.2) is 0 Å². The first-order valence-corrected chi connectivity index (χ1v) is 6.05. The first-order chi connectivity index (χ1) is 7.95. The number of nitrogens with zero attached hydrogens (tertiary/aromatic N) is 2. The van der Waals surface area contributed by atoms with Gasteiger partial charge in [0.1, 0.15) is 6.04 Å². The lowest BCUT2D eigenvalue weighted by atomic mass is 10.1. The number of amides is 1. The Labute approximate surface area is 102 Å². The van der Waals surface area contributed by atoms with Crippen molar-refractivity contribution in [1.29, 1.82) is 0 Å². The van der Waals surface area contributed by atoms with Gasteiger partial charge in [0.15, 0.2) is 0 Å². The molecule has 2 unspecified atom stereocenters. The van der Waals surface area contributed by atoms with Crippen LogP contribution in [0.5, 0.6) is 0 Å². The number of hydrogen-bond acceptors (Lipinski definition) is 3. The highest BCUT2D eigenvalue weighted by molar-refractivity contribution is 5.81. The zero-order valence-corrected chi connectivity index (χ0v) is 11.0. The summed E-state index contributed by atoms with van der Waals surface area (Å²) in [5.74, 6) is -0.367. The van der Waals surface area contributed by atoms with Gasteiger partial charge >= 0.3 is 0 Å². The molecule has 0 aliphatic rings. The van der Waals surface area contributed by atoms with Crippen LogP contribution in [0, 0.1) is 0 Å². The third-order valence-electron chi connectivity index (χ3n) is 2.83. The van der Waals surface area contributed by atoms with Crippen LogP contribution in [0.1, 0.15) is 51.8 Å². The van der Waals surface area contributed by atoms with Gasteiger partial charge in [-0.3, -0.25) is 14.8 Å². The van der Waals surface area contributed by atoms with Gasteiger partial charge in [-0.1, -0.05) is 6.92 Å². The second-order valence-electron chi connectivity index (χ2n) is 4.66. The molecule has 1 heterocycles. The van der Waals surface area contributed by atoms with Gasteiger partial charge in [0, 0.05) is 23.8 Å². The lowest BCUT2D eigenvalue weighted by molar-refractivity contribution is -0.120. The number of nitrogens with two attached hydrogens (primary N) is 1. The fourth-order valence-electron chi connectivity index (χ4n) is 1.53. The van der Waals surface area contributed by atoms with Crippen LogP contribution < -0.4 is 11.1 Å². The number of hydrogen-bond donors (Lipinski definition) is 2. The van der Waals surface area contributed by atoms with E-state index < -0.39 is 6.04 Å². The molecule has 0 fully saturated rings. The molecule has 96 valence electrons. The summed E-state index contributed by atoms with van der Waals surface area (Å²) in [5, 5.41) is 7.43. The Bertz CT molecular complexity index is 372. The summed E-state index contributed by atoms with van der Waals surface area (Å²) in [6.45, 7) is 8.17. The average Bonchev–Trinajstić information content (AvgIpc) is 2.74. The molecule has 0 aromatic carbocycles. The minimum Gasteiger partial charge on any atom is -0.368 e. The van der Waals surface area contributed by atoms with Crippen LogP contribution in [0.25, 0.3) is 0 Å². The molecular formula is C12H22N4O. The minimum atomic E-state index is -0.461. The largest absolute Gasteiger partial charge is 0.368 e. The quantitative estimate of drug-likeness (QED) is 0.786. The molecule has 1 aromatic heterocycles. The third-order valence-corrected chi connectivity index (χ3v) is 2.83. The maximum absolute atomic E-state index is 11.5. The highest BCUT2D eigenvalue weighted by atomic mass is 16.1. The Kier molecular flexibility index (Phi) is 4.69. The van der Waals surface area contributed by atoms with Crippen LogP contribution in [0.4, 0.5) is 0 Å². The molecule has 0 saturated heterocycles. The van der Waals surface area contributed by atoms with Gasteiger partial charge in [-0.05, 0) is 27.2 Å². The summed E-state index contributed by atoms with van der Waals surface area (Å²) >= 11 is 0. The van der Waals surface area contributed by atoms with Crippen molar-refractivity contribution in [2.75, 3.05) is 0 Å². The standard InChI is InChI=1S/C12H22N4O/c1-5-9(4)15-11(12(13)17)10-6-14-16(7-10)8(2)3/h6-9,11,15H,5H2,1-4H3,(H2,13,17). The predicted octanol–water partition coefficient (Wildman–Crippen LogP) is 1.38. The summed E-state index contributed by atoms with van der Waals surface area (Å²) < 4.78 is 1.82. The van der Waals surface area contributed by atoms with E-state index in [0.717, 1.165) is 12.0 Å². The monoisotopic (exact) mass is 238 g/mol. The van der Waals surface area contributed by atoms with Crippen molar-refractivity contribution in [1.82, 2.24) is 15.1 Å². The van der Waals surface area contributed by atoms with Crippen LogP contribution in [0.2, 0.25) is 0 Å². The molecule has 0 spiro atoms. The van der Waals surface area contributed by atoms with Gasteiger partial charge in [0.25, 0.3) is 0 Å². The number of nitrogens with one attached hydrogen (secondary N) is 1. The molecule has 5 nitrogen and oxygen atoms in total. The van der Waals surface area contributed by atoms with E-state index >= 15 is 0 Å². The number of aromatic nitrogens is 2. The van der Waals surface area contributed by atoms with Crippen molar-refractivity contribution in [3.63, 3.8) is 0 Å². The van der Waals surface area contributed by atoms with E-state index in [9.17, 15) is 4.79 Å². The molecule has 1 rings (SSSR count). The lowest BCUT2D eigenvalue weighted by Gasteiger charge is -2.18. The fraction of sp³-hybridized carbons (Fsp3) is 0.667. The van der Waals surface area contributed by atoms with Gasteiger partial charge in [-0.2, -0.15) is 5.10 Å². The second kappa shape index (κ2) is 5.82. The summed E-state index contributed by atoms with van der Waals surface area (Å²) in [5.41, 5.74) is 6.24. The minimum absolute atomic E-state index is 0.245. The molecule has 0 radical (unpaired) electrons. The van der Waals surface area contributed by atoms with Crippen LogP contribution >= 0.6 is 0 Å². The lowest BCUT2D eigenvalue weighted by Crippen LogP contribution is -2.38. The smallest absolute Gasteiger partial charge is 0.239 e. The molecule has 2 atom stereocenters. The molecule has 0 aliphatic heterocycles. The van der Waals surface area contributed by atoms with Gasteiger partial charge in [0.05, 0.1) is 6.20 Å². The van der Waals surface area contributed by atoms with Crippen molar-refractivity contribution < 1.29 is 4.79 Å². The SMILES string of the molecule is CCC(C)NC(C(N)=O)c1cnn(C(C)C)c1. The van der Waals surface area contributed by atoms with Gasteiger partial charge < -0.3 is 5.73 Å². The molecular weight excluding hydrogens is 216 g/mol. The molecule has 1 aromatic rings. The van der Waals surface area contributed by atoms with Gasteiger partial charge in [0.2, 0.25) is 5.91 Å². The van der Waals surface area contributed by atoms with Crippen LogP contribution in [-0.4, -0.2) is 21.7 Å². The van der Waals surface area contributed by atoms with Crippen molar-refractivity contribution in [3.8, 4) is 0 Å². The predicted molar refractivity (Wildman–Crippen MR) is 67.4 cm³/mol. The van der Waals surface area contributed by atoms with E-state index in [0.29, 0.717) is 0 Å². The van der Waals surface area contributed by atoms with E-state index in [1.54, 1.807) is 6.20 Å². The van der Waals surface area contributed by atoms with E-state index in [-0.39, 0.29) is 18.0 Å². The van der Waals surface area contributed by atoms with Crippen molar-refractivity contribution in [3.05, 3.63) is 18.0 Å². The molecule has 5 heteroatoms. The zero-order chi connectivity index (χ0) is 13.0. The highest BCUT2D eigenvalue weighted by Crippen LogP contribution is 2.15. The van der Waals surface area contributed by atoms with Crippen molar-refractivity contribution >= 4 is 5.91 Å². The van der Waals surface area contributed by atoms with Crippen LogP contribution in [0.3, 0.4) is 0 Å². The summed E-state index contributed by atoms with van der Waals surface area (Å²) in [4.78, 5) is 11.5. The molecule has 17 heavy (non-hydrogen) atoms. The summed E-state index contributed by atoms with van der Waals surface area (Å²) in [6, 6.07) is 0.0632. The summed E-state index contributed by atoms with van der Waals surface area (Å²) in [6.07, 6.45) is 4.52. The Hall–Kier alpha value is -1.36. The molecule has 0 bridgehead atoms.